The lowest BCUT2D eigenvalue weighted by Crippen LogP contribution is -2.14. The number of halogens is 3. The van der Waals surface area contributed by atoms with Gasteiger partial charge in [0, 0.05) is 27.8 Å². The van der Waals surface area contributed by atoms with Crippen LogP contribution in [0.3, 0.4) is 0 Å². The molecule has 2 aromatic rings. The van der Waals surface area contributed by atoms with Crippen LogP contribution in [0.2, 0.25) is 2.82 Å². The van der Waals surface area contributed by atoms with Gasteiger partial charge in [-0.1, -0.05) is 36.3 Å². The van der Waals surface area contributed by atoms with Gasteiger partial charge in [-0.2, -0.15) is 0 Å². The molecule has 0 saturated heterocycles. The van der Waals surface area contributed by atoms with E-state index >= 15 is 0 Å². The normalized spacial score (nSPS) is 21.7. The molecule has 0 atom stereocenters. The van der Waals surface area contributed by atoms with E-state index in [2.05, 4.69) is 0 Å². The van der Waals surface area contributed by atoms with Crippen molar-refractivity contribution in [3.8, 4) is 0 Å². The third-order valence-corrected chi connectivity index (χ3v) is 2.97. The minimum absolute atomic E-state index is 0.0957. The Balaban J connectivity index is 0.000000789. The van der Waals surface area contributed by atoms with Gasteiger partial charge in [-0.05, 0) is 61.3 Å². The SMILES string of the molecule is O=C(Cl)CCl.[2H]c1c([2H])c(C([2H])([2H])[2H])c(N([2H])[2H])c(C([2H])([2H])[2H])c1[2H].[2H]c1c([2H])c(C([2H])([2H])[2H])c(NC(=O)CCl)c(C([2H])([2H])[2H])c1[2H]. The highest BCUT2D eigenvalue weighted by Crippen LogP contribution is 2.19. The number of amides is 1. The molecule has 0 aromatic heterocycles. The Morgan fingerprint density at radius 3 is 1.78 bits per heavy atom. The molecule has 27 heavy (non-hydrogen) atoms. The second-order valence-electron chi connectivity index (χ2n) is 4.14. The molecular weight excluding hydrogens is 407 g/mol. The summed E-state index contributed by atoms with van der Waals surface area (Å²) in [5.41, 5.74) is -5.12. The maximum absolute atomic E-state index is 11.5. The van der Waals surface area contributed by atoms with E-state index in [1.165, 1.54) is 0 Å². The quantitative estimate of drug-likeness (QED) is 0.373. The third kappa shape index (κ3) is 10.2. The van der Waals surface area contributed by atoms with Crippen molar-refractivity contribution in [3.05, 3.63) is 58.5 Å². The standard InChI is InChI=1S/C10H12ClNO.C8H11N.C2H2Cl2O/c1-7-4-3-5-8(2)10(7)12-9(13)6-11;1-6-4-3-5-7(2)8(6)9;3-1-2(4)5/h3-5H,6H2,1-2H3,(H,12,13);3-5H,9H2,1-2H3;1H2/i2*1D3,2D3,3D,4D,5D;/hD2. The Morgan fingerprint density at radius 2 is 1.44 bits per heavy atom. The molecule has 3 N–H and O–H groups in total. The van der Waals surface area contributed by atoms with Crippen LogP contribution in [-0.2, 0) is 9.59 Å². The highest BCUT2D eigenvalue weighted by Gasteiger charge is 2.04. The second kappa shape index (κ2) is 13.4. The lowest BCUT2D eigenvalue weighted by atomic mass is 10.1. The first-order valence-corrected chi connectivity index (χ1v) is 8.01. The molecule has 2 aromatic carbocycles. The summed E-state index contributed by atoms with van der Waals surface area (Å²) >= 11 is 14.9. The van der Waals surface area contributed by atoms with E-state index in [-0.39, 0.29) is 11.6 Å². The number of carbonyl (C=O) groups excluding carboxylic acids is 2. The highest BCUT2D eigenvalue weighted by molar-refractivity contribution is 6.67. The van der Waals surface area contributed by atoms with Gasteiger partial charge in [0.15, 0.2) is 2.82 Å². The smallest absolute Gasteiger partial charge is 0.239 e. The average molecular weight is 452 g/mol. The van der Waals surface area contributed by atoms with E-state index in [0.717, 1.165) is 0 Å². The number of nitrogens with two attached hydrogens (primary N) is 1. The molecule has 0 bridgehead atoms. The summed E-state index contributed by atoms with van der Waals surface area (Å²) in [5.74, 6) is -1.54. The van der Waals surface area contributed by atoms with Crippen molar-refractivity contribution in [2.24, 2.45) is 0 Å². The van der Waals surface area contributed by atoms with Gasteiger partial charge in [-0.3, -0.25) is 9.59 Å². The molecule has 0 spiro atoms. The van der Waals surface area contributed by atoms with Crippen LogP contribution in [0.5, 0.6) is 0 Å². The van der Waals surface area contributed by atoms with Gasteiger partial charge in [0.1, 0.15) is 5.88 Å². The fraction of sp³-hybridized carbons (Fsp3) is 0.300. The predicted molar refractivity (Wildman–Crippen MR) is 117 cm³/mol. The summed E-state index contributed by atoms with van der Waals surface area (Å²) in [7, 11) is 0. The number of anilines is 2. The Bertz CT molecular complexity index is 1390. The Labute approximate surface area is 204 Å². The molecule has 0 aliphatic rings. The monoisotopic (exact) mass is 450 g/mol. The zero-order chi connectivity index (χ0) is 37.8. The van der Waals surface area contributed by atoms with Crippen molar-refractivity contribution in [2.75, 3.05) is 22.8 Å². The molecule has 0 unspecified atom stereocenters. The van der Waals surface area contributed by atoms with Crippen LogP contribution in [0, 0.1) is 27.4 Å². The molecule has 0 saturated carbocycles. The molecule has 0 aliphatic heterocycles. The Hall–Kier alpha value is -1.75. The van der Waals surface area contributed by atoms with Crippen molar-refractivity contribution in [1.29, 1.82) is 0 Å². The van der Waals surface area contributed by atoms with Crippen LogP contribution in [0.4, 0.5) is 11.4 Å². The lowest BCUT2D eigenvalue weighted by molar-refractivity contribution is -0.114. The molecule has 7 heteroatoms. The maximum atomic E-state index is 11.5. The number of benzene rings is 2. The second-order valence-corrected chi connectivity index (χ2v) is 5.10. The highest BCUT2D eigenvalue weighted by atomic mass is 35.5. The number of hydrogen-bond acceptors (Lipinski definition) is 3. The van der Waals surface area contributed by atoms with Crippen molar-refractivity contribution in [1.82, 2.24) is 0 Å². The minimum Gasteiger partial charge on any atom is -0.398 e. The van der Waals surface area contributed by atoms with E-state index in [0.29, 0.717) is 0 Å². The summed E-state index contributed by atoms with van der Waals surface area (Å²) in [5, 5.41) is 1.53. The van der Waals surface area contributed by atoms with E-state index in [1.807, 2.05) is 5.32 Å². The summed E-state index contributed by atoms with van der Waals surface area (Å²) < 4.78 is 148. The predicted octanol–water partition coefficient (Wildman–Crippen LogP) is 5.36. The third-order valence-electron chi connectivity index (χ3n) is 2.21. The van der Waals surface area contributed by atoms with Crippen molar-refractivity contribution in [2.45, 2.75) is 27.4 Å². The fourth-order valence-corrected chi connectivity index (χ4v) is 1.17. The number of nitrogens with one attached hydrogen (secondary N) is 1. The summed E-state index contributed by atoms with van der Waals surface area (Å²) in [4.78, 5) is 20.9. The number of hydrogen-bond donors (Lipinski definition) is 2. The van der Waals surface area contributed by atoms with Crippen molar-refractivity contribution in [3.63, 3.8) is 0 Å². The molecule has 0 fully saturated rings. The number of carbonyl (C=O) groups is 2. The van der Waals surface area contributed by atoms with Gasteiger partial charge >= 0.3 is 0 Å². The summed E-state index contributed by atoms with van der Waals surface area (Å²) in [6.07, 6.45) is 0. The number of nitrogen functional groups attached to an aromatic ring is 1. The Kier molecular flexibility index (Phi) is 3.77. The van der Waals surface area contributed by atoms with E-state index in [4.69, 9.17) is 62.3 Å². The molecule has 1 amide bonds. The molecule has 148 valence electrons. The minimum atomic E-state index is -2.98. The van der Waals surface area contributed by atoms with Crippen molar-refractivity contribution < 1.29 is 37.1 Å². The van der Waals surface area contributed by atoms with Crippen LogP contribution >= 0.6 is 34.8 Å². The number of para-hydroxylation sites is 2. The average Bonchev–Trinajstić information content (AvgIpc) is 2.87. The lowest BCUT2D eigenvalue weighted by Gasteiger charge is -2.09. The number of alkyl halides is 2. The van der Waals surface area contributed by atoms with Crippen molar-refractivity contribution >= 4 is 57.3 Å². The fourth-order valence-electron chi connectivity index (χ4n) is 1.10. The molecule has 4 nitrogen and oxygen atoms in total. The largest absolute Gasteiger partial charge is 0.398 e. The molecule has 0 heterocycles. The van der Waals surface area contributed by atoms with Gasteiger partial charge in [0.2, 0.25) is 11.1 Å². The van der Waals surface area contributed by atoms with Gasteiger partial charge in [0.25, 0.3) is 0 Å². The van der Waals surface area contributed by atoms with E-state index < -0.39 is 114 Å². The van der Waals surface area contributed by atoms with Gasteiger partial charge in [0.05, 0.1) is 14.1 Å². The first-order chi connectivity index (χ1) is 20.9. The van der Waals surface area contributed by atoms with Crippen LogP contribution in [-0.4, -0.2) is 22.9 Å². The molecule has 0 aliphatic carbocycles. The topological polar surface area (TPSA) is 72.2 Å². The van der Waals surface area contributed by atoms with E-state index in [1.54, 1.807) is 0 Å². The summed E-state index contributed by atoms with van der Waals surface area (Å²) in [6.45, 7) is -11.8. The first-order valence-electron chi connectivity index (χ1n) is 16.5. The van der Waals surface area contributed by atoms with Gasteiger partial charge < -0.3 is 11.0 Å². The first kappa shape index (κ1) is 7.58. The Morgan fingerprint density at radius 1 is 1.00 bits per heavy atom. The molecular formula is C20H25Cl3N2O2. The van der Waals surface area contributed by atoms with Gasteiger partial charge in [-0.25, -0.2) is 0 Å². The van der Waals surface area contributed by atoms with Crippen LogP contribution in [0.15, 0.2) is 36.3 Å². The molecule has 0 radical (unpaired) electrons. The maximum Gasteiger partial charge on any atom is 0.239 e. The number of rotatable bonds is 4. The van der Waals surface area contributed by atoms with Gasteiger partial charge in [-0.15, -0.1) is 23.2 Å². The summed E-state index contributed by atoms with van der Waals surface area (Å²) in [6, 6.07) is -5.09. The zero-order valence-electron chi connectivity index (χ0n) is 33.3. The zero-order valence-corrected chi connectivity index (χ0v) is 15.6. The molecule has 2 rings (SSSR count). The van der Waals surface area contributed by atoms with Crippen LogP contribution in [0.25, 0.3) is 0 Å². The van der Waals surface area contributed by atoms with Crippen LogP contribution in [0.1, 0.15) is 46.9 Å². The van der Waals surface area contributed by atoms with E-state index in [9.17, 15) is 9.59 Å². The van der Waals surface area contributed by atoms with Crippen LogP contribution < -0.4 is 11.0 Å².